The first kappa shape index (κ1) is 18.7. The Balaban J connectivity index is 2.34. The quantitative estimate of drug-likeness (QED) is 0.588. The highest BCUT2D eigenvalue weighted by Gasteiger charge is 2.23. The van der Waals surface area contributed by atoms with Crippen molar-refractivity contribution in [3.05, 3.63) is 68.2 Å². The second-order valence-corrected chi connectivity index (χ2v) is 7.56. The van der Waals surface area contributed by atoms with E-state index in [1.807, 2.05) is 6.92 Å². The van der Waals surface area contributed by atoms with Crippen molar-refractivity contribution >= 4 is 38.9 Å². The lowest BCUT2D eigenvalue weighted by Crippen LogP contribution is -2.28. The van der Waals surface area contributed by atoms with Crippen LogP contribution in [-0.2, 0) is 10.0 Å². The largest absolute Gasteiger partial charge is 0.289 e. The predicted molar refractivity (Wildman–Crippen MR) is 92.9 cm³/mol. The van der Waals surface area contributed by atoms with Crippen LogP contribution in [-0.4, -0.2) is 13.3 Å². The highest BCUT2D eigenvalue weighted by molar-refractivity contribution is 7.89. The van der Waals surface area contributed by atoms with E-state index in [9.17, 15) is 18.5 Å². The fourth-order valence-electron chi connectivity index (χ4n) is 2.14. The van der Waals surface area contributed by atoms with Gasteiger partial charge in [-0.3, -0.25) is 10.1 Å². The van der Waals surface area contributed by atoms with Crippen molar-refractivity contribution < 1.29 is 13.3 Å². The third-order valence-corrected chi connectivity index (χ3v) is 5.44. The molecule has 6 nitrogen and oxygen atoms in total. The van der Waals surface area contributed by atoms with Crippen molar-refractivity contribution in [1.29, 1.82) is 0 Å². The highest BCUT2D eigenvalue weighted by Crippen LogP contribution is 2.28. The van der Waals surface area contributed by atoms with Crippen LogP contribution in [0.25, 0.3) is 0 Å². The second kappa shape index (κ2) is 7.48. The topological polar surface area (TPSA) is 89.3 Å². The number of halogens is 2. The average molecular weight is 389 g/mol. The molecule has 0 unspecified atom stereocenters. The van der Waals surface area contributed by atoms with Crippen LogP contribution in [0.1, 0.15) is 24.9 Å². The van der Waals surface area contributed by atoms with Crippen LogP contribution in [0.4, 0.5) is 5.69 Å². The first-order valence-electron chi connectivity index (χ1n) is 6.96. The third-order valence-electron chi connectivity index (χ3n) is 3.40. The van der Waals surface area contributed by atoms with Crippen molar-refractivity contribution in [3.63, 3.8) is 0 Å². The number of benzene rings is 2. The molecule has 2 aromatic carbocycles. The number of hydrogen-bond acceptors (Lipinski definition) is 4. The number of nitrogens with one attached hydrogen (secondary N) is 1. The zero-order valence-corrected chi connectivity index (χ0v) is 14.9. The van der Waals surface area contributed by atoms with Gasteiger partial charge in [-0.25, -0.2) is 13.1 Å². The van der Waals surface area contributed by atoms with Crippen molar-refractivity contribution in [1.82, 2.24) is 4.72 Å². The maximum Gasteiger partial charge on any atom is 0.289 e. The second-order valence-electron chi connectivity index (χ2n) is 5.00. The fourth-order valence-corrected chi connectivity index (χ4v) is 3.78. The lowest BCUT2D eigenvalue weighted by molar-refractivity contribution is -0.384. The molecule has 9 heteroatoms. The number of sulfonamides is 1. The van der Waals surface area contributed by atoms with Gasteiger partial charge in [0, 0.05) is 17.1 Å². The molecule has 1 atom stereocenters. The molecule has 2 rings (SSSR count). The molecule has 2 aromatic rings. The smallest absolute Gasteiger partial charge is 0.258 e. The van der Waals surface area contributed by atoms with E-state index in [1.54, 1.807) is 24.3 Å². The van der Waals surface area contributed by atoms with Gasteiger partial charge in [0.2, 0.25) is 10.0 Å². The summed E-state index contributed by atoms with van der Waals surface area (Å²) in [5.74, 6) is 0. The highest BCUT2D eigenvalue weighted by atomic mass is 35.5. The maximum atomic E-state index is 12.5. The normalized spacial score (nSPS) is 12.8. The number of nitro groups is 1. The fraction of sp³-hybridized carbons (Fsp3) is 0.200. The van der Waals surface area contributed by atoms with Gasteiger partial charge < -0.3 is 0 Å². The Kier molecular flexibility index (Phi) is 5.82. The number of rotatable bonds is 6. The molecule has 128 valence electrons. The van der Waals surface area contributed by atoms with Gasteiger partial charge in [0.15, 0.2) is 0 Å². The molecule has 0 aliphatic carbocycles. The Bertz CT molecular complexity index is 854. The lowest BCUT2D eigenvalue weighted by atomic mass is 10.1. The predicted octanol–water partition coefficient (Wildman–Crippen LogP) is 4.33. The number of nitro benzene ring substituents is 1. The minimum atomic E-state index is -3.95. The Morgan fingerprint density at radius 2 is 1.79 bits per heavy atom. The molecule has 24 heavy (non-hydrogen) atoms. The minimum absolute atomic E-state index is 0.122. The third kappa shape index (κ3) is 4.24. The van der Waals surface area contributed by atoms with E-state index < -0.39 is 26.7 Å². The molecule has 0 aliphatic heterocycles. The van der Waals surface area contributed by atoms with Crippen LogP contribution in [0.2, 0.25) is 10.0 Å². The molecule has 0 saturated heterocycles. The average Bonchev–Trinajstić information content (AvgIpc) is 2.53. The molecule has 0 fully saturated rings. The summed E-state index contributed by atoms with van der Waals surface area (Å²) in [4.78, 5) is 9.99. The van der Waals surface area contributed by atoms with Crippen LogP contribution >= 0.6 is 23.2 Å². The van der Waals surface area contributed by atoms with Crippen molar-refractivity contribution in [2.75, 3.05) is 0 Å². The van der Waals surface area contributed by atoms with Gasteiger partial charge in [0.05, 0.1) is 9.82 Å². The Labute approximate surface area is 149 Å². The Hall–Kier alpha value is -1.67. The van der Waals surface area contributed by atoms with Crippen molar-refractivity contribution in [2.45, 2.75) is 24.3 Å². The van der Waals surface area contributed by atoms with E-state index in [1.165, 1.54) is 12.1 Å². The van der Waals surface area contributed by atoms with Crippen molar-refractivity contribution in [2.24, 2.45) is 0 Å². The first-order valence-corrected chi connectivity index (χ1v) is 9.20. The van der Waals surface area contributed by atoms with Crippen LogP contribution in [0, 0.1) is 10.1 Å². The summed E-state index contributed by atoms with van der Waals surface area (Å²) in [6, 6.07) is 9.67. The van der Waals surface area contributed by atoms with E-state index in [0.29, 0.717) is 11.4 Å². The first-order chi connectivity index (χ1) is 11.2. The van der Waals surface area contributed by atoms with E-state index >= 15 is 0 Å². The van der Waals surface area contributed by atoms with Crippen LogP contribution in [0.5, 0.6) is 0 Å². The molecule has 0 spiro atoms. The molecule has 0 saturated carbocycles. The van der Waals surface area contributed by atoms with Gasteiger partial charge in [0.25, 0.3) is 5.69 Å². The summed E-state index contributed by atoms with van der Waals surface area (Å²) >= 11 is 11.6. The summed E-state index contributed by atoms with van der Waals surface area (Å²) in [6.45, 7) is 1.83. The summed E-state index contributed by atoms with van der Waals surface area (Å²) in [5, 5.41) is 11.4. The monoisotopic (exact) mass is 388 g/mol. The summed E-state index contributed by atoms with van der Waals surface area (Å²) < 4.78 is 27.6. The molecular formula is C15H14Cl2N2O4S. The zero-order valence-electron chi connectivity index (χ0n) is 12.6. The number of nitrogens with zero attached hydrogens (tertiary/aromatic N) is 1. The molecule has 1 N–H and O–H groups in total. The molecule has 0 aromatic heterocycles. The lowest BCUT2D eigenvalue weighted by Gasteiger charge is -2.17. The standard InChI is InChI=1S/C15H14Cl2N2O4S/c1-2-14(10-3-5-11(16)6-4-10)18-24(22,23)12-7-8-13(17)15(9-12)19(20)21/h3-9,14,18H,2H2,1H3/t14-/m1/s1. The van der Waals surface area contributed by atoms with Gasteiger partial charge in [-0.15, -0.1) is 0 Å². The van der Waals surface area contributed by atoms with E-state index in [0.717, 1.165) is 11.6 Å². The van der Waals surface area contributed by atoms with Crippen LogP contribution < -0.4 is 4.72 Å². The summed E-state index contributed by atoms with van der Waals surface area (Å²) in [5.41, 5.74) is 0.285. The van der Waals surface area contributed by atoms with Crippen LogP contribution in [0.3, 0.4) is 0 Å². The molecule has 0 aliphatic rings. The van der Waals surface area contributed by atoms with E-state index in [2.05, 4.69) is 4.72 Å². The molecule has 0 bridgehead atoms. The van der Waals surface area contributed by atoms with Gasteiger partial charge in [0.1, 0.15) is 5.02 Å². The van der Waals surface area contributed by atoms with Crippen LogP contribution in [0.15, 0.2) is 47.4 Å². The molecular weight excluding hydrogens is 375 g/mol. The van der Waals surface area contributed by atoms with Gasteiger partial charge in [-0.05, 0) is 36.2 Å². The van der Waals surface area contributed by atoms with E-state index in [4.69, 9.17) is 23.2 Å². The zero-order chi connectivity index (χ0) is 17.9. The minimum Gasteiger partial charge on any atom is -0.258 e. The molecule has 0 heterocycles. The molecule has 0 radical (unpaired) electrons. The molecule has 0 amide bonds. The Morgan fingerprint density at radius 1 is 1.17 bits per heavy atom. The maximum absolute atomic E-state index is 12.5. The van der Waals surface area contributed by atoms with Gasteiger partial charge in [-0.1, -0.05) is 42.3 Å². The van der Waals surface area contributed by atoms with Gasteiger partial charge in [-0.2, -0.15) is 0 Å². The Morgan fingerprint density at radius 3 is 2.33 bits per heavy atom. The number of hydrogen-bond donors (Lipinski definition) is 1. The SMILES string of the molecule is CC[C@@H](NS(=O)(=O)c1ccc(Cl)c([N+](=O)[O-])c1)c1ccc(Cl)cc1. The van der Waals surface area contributed by atoms with E-state index in [-0.39, 0.29) is 9.92 Å². The van der Waals surface area contributed by atoms with Crippen molar-refractivity contribution in [3.8, 4) is 0 Å². The summed E-state index contributed by atoms with van der Waals surface area (Å²) in [6.07, 6.45) is 0.497. The van der Waals surface area contributed by atoms with Gasteiger partial charge >= 0.3 is 0 Å². The summed E-state index contributed by atoms with van der Waals surface area (Å²) in [7, 11) is -3.95.